The number of imidazole rings is 1. The molecule has 8 heteroatoms. The van der Waals surface area contributed by atoms with Gasteiger partial charge in [0.1, 0.15) is 5.82 Å². The molecule has 1 aliphatic carbocycles. The summed E-state index contributed by atoms with van der Waals surface area (Å²) in [6.07, 6.45) is 10.5. The van der Waals surface area contributed by atoms with Crippen LogP contribution >= 0.6 is 0 Å². The van der Waals surface area contributed by atoms with Gasteiger partial charge in [-0.3, -0.25) is 0 Å². The van der Waals surface area contributed by atoms with Crippen LogP contribution in [0.4, 0.5) is 5.95 Å². The van der Waals surface area contributed by atoms with E-state index in [-0.39, 0.29) is 0 Å². The highest BCUT2D eigenvalue weighted by Crippen LogP contribution is 2.29. The molecule has 1 saturated carbocycles. The van der Waals surface area contributed by atoms with E-state index < -0.39 is 0 Å². The largest absolute Gasteiger partial charge is 0.379 e. The minimum absolute atomic E-state index is 0.323. The first kappa shape index (κ1) is 20.9. The number of anilines is 1. The van der Waals surface area contributed by atoms with Gasteiger partial charge >= 0.3 is 0 Å². The number of aromatic nitrogens is 6. The molecule has 0 aromatic carbocycles. The molecule has 8 nitrogen and oxygen atoms in total. The summed E-state index contributed by atoms with van der Waals surface area (Å²) < 4.78 is 9.88. The van der Waals surface area contributed by atoms with Gasteiger partial charge in [-0.05, 0) is 65.5 Å². The van der Waals surface area contributed by atoms with Gasteiger partial charge in [-0.1, -0.05) is 0 Å². The summed E-state index contributed by atoms with van der Waals surface area (Å²) in [6, 6.07) is 4.96. The monoisotopic (exact) mass is 433 g/mol. The fourth-order valence-corrected chi connectivity index (χ4v) is 4.89. The fraction of sp³-hybridized carbons (Fsp3) is 0.500. The van der Waals surface area contributed by atoms with E-state index >= 15 is 0 Å². The van der Waals surface area contributed by atoms with Crippen molar-refractivity contribution in [3.8, 4) is 11.1 Å². The Morgan fingerprint density at radius 2 is 1.94 bits per heavy atom. The average Bonchev–Trinajstić information content (AvgIpc) is 3.34. The van der Waals surface area contributed by atoms with Crippen LogP contribution in [-0.2, 0) is 4.74 Å². The second kappa shape index (κ2) is 8.50. The van der Waals surface area contributed by atoms with E-state index in [1.807, 2.05) is 30.0 Å². The zero-order valence-electron chi connectivity index (χ0n) is 19.2. The lowest BCUT2D eigenvalue weighted by atomic mass is 9.93. The quantitative estimate of drug-likeness (QED) is 0.471. The standard InChI is InChI=1S/C24H31N7O/c1-5-32-19-8-6-18(7-9-19)28-24-26-14-22-20(10-11-30(22)29-24)17-12-21-23(25-13-17)27-16(4)31(21)15(2)3/h10-15,18-19H,5-9H2,1-4H3,(H,28,29). The van der Waals surface area contributed by atoms with Crippen LogP contribution in [0.5, 0.6) is 0 Å². The van der Waals surface area contributed by atoms with Gasteiger partial charge in [0, 0.05) is 42.2 Å². The number of nitrogens with zero attached hydrogens (tertiary/aromatic N) is 6. The van der Waals surface area contributed by atoms with Gasteiger partial charge in [-0.15, -0.1) is 5.10 Å². The number of hydrogen-bond acceptors (Lipinski definition) is 6. The van der Waals surface area contributed by atoms with Crippen molar-refractivity contribution in [3.63, 3.8) is 0 Å². The van der Waals surface area contributed by atoms with Crippen molar-refractivity contribution in [1.82, 2.24) is 29.1 Å². The SMILES string of the molecule is CCOC1CCC(Nc2ncc3c(-c4cnc5nc(C)n(C(C)C)c5c4)ccn3n2)CC1. The second-order valence-electron chi connectivity index (χ2n) is 8.90. The first-order chi connectivity index (χ1) is 15.5. The first-order valence-corrected chi connectivity index (χ1v) is 11.6. The molecule has 0 unspecified atom stereocenters. The molecule has 4 heterocycles. The molecule has 1 N–H and O–H groups in total. The van der Waals surface area contributed by atoms with Gasteiger partial charge in [0.05, 0.1) is 23.3 Å². The number of nitrogens with one attached hydrogen (secondary N) is 1. The van der Waals surface area contributed by atoms with Crippen LogP contribution in [0.15, 0.2) is 30.7 Å². The Bertz CT molecular complexity index is 1230. The van der Waals surface area contributed by atoms with E-state index in [1.54, 1.807) is 0 Å². The third kappa shape index (κ3) is 3.83. The second-order valence-corrected chi connectivity index (χ2v) is 8.90. The molecule has 1 aliphatic rings. The highest BCUT2D eigenvalue weighted by atomic mass is 16.5. The van der Waals surface area contributed by atoms with E-state index in [4.69, 9.17) is 9.84 Å². The smallest absolute Gasteiger partial charge is 0.241 e. The Labute approximate surface area is 188 Å². The minimum atomic E-state index is 0.323. The van der Waals surface area contributed by atoms with Crippen molar-refractivity contribution in [1.29, 1.82) is 0 Å². The average molecular weight is 434 g/mol. The first-order valence-electron chi connectivity index (χ1n) is 11.6. The van der Waals surface area contributed by atoms with Crippen molar-refractivity contribution >= 4 is 22.6 Å². The molecule has 0 atom stereocenters. The van der Waals surface area contributed by atoms with Gasteiger partial charge in [0.2, 0.25) is 5.95 Å². The lowest BCUT2D eigenvalue weighted by Crippen LogP contribution is -2.30. The zero-order valence-corrected chi connectivity index (χ0v) is 19.2. The molecule has 4 aromatic rings. The summed E-state index contributed by atoms with van der Waals surface area (Å²) in [4.78, 5) is 13.8. The number of fused-ring (bicyclic) bond motifs is 2. The Balaban J connectivity index is 1.39. The molecule has 0 amide bonds. The van der Waals surface area contributed by atoms with E-state index in [1.165, 1.54) is 0 Å². The molecule has 4 aromatic heterocycles. The normalized spacial score (nSPS) is 19.3. The molecule has 1 fully saturated rings. The molecule has 0 bridgehead atoms. The molecule has 0 radical (unpaired) electrons. The third-order valence-corrected chi connectivity index (χ3v) is 6.38. The topological polar surface area (TPSA) is 82.2 Å². The van der Waals surface area contributed by atoms with Gasteiger partial charge in [-0.25, -0.2) is 19.5 Å². The predicted octanol–water partition coefficient (Wildman–Crippen LogP) is 4.79. The van der Waals surface area contributed by atoms with E-state index in [0.29, 0.717) is 24.1 Å². The maximum absolute atomic E-state index is 5.76. The van der Waals surface area contributed by atoms with Gasteiger partial charge in [0.15, 0.2) is 5.65 Å². The van der Waals surface area contributed by atoms with Crippen LogP contribution in [0, 0.1) is 6.92 Å². The van der Waals surface area contributed by atoms with E-state index in [9.17, 15) is 0 Å². The van der Waals surface area contributed by atoms with Crippen LogP contribution in [0.2, 0.25) is 0 Å². The lowest BCUT2D eigenvalue weighted by Gasteiger charge is -2.28. The maximum atomic E-state index is 5.76. The number of rotatable bonds is 6. The van der Waals surface area contributed by atoms with Crippen molar-refractivity contribution in [2.75, 3.05) is 11.9 Å². The van der Waals surface area contributed by atoms with Crippen molar-refractivity contribution in [2.45, 2.75) is 71.6 Å². The Kier molecular flexibility index (Phi) is 5.55. The number of pyridine rings is 1. The molecule has 5 rings (SSSR count). The minimum Gasteiger partial charge on any atom is -0.379 e. The number of ether oxygens (including phenoxy) is 1. The van der Waals surface area contributed by atoms with Crippen LogP contribution in [-0.4, -0.2) is 47.9 Å². The van der Waals surface area contributed by atoms with Crippen LogP contribution in [0.25, 0.3) is 27.8 Å². The van der Waals surface area contributed by atoms with Crippen LogP contribution < -0.4 is 5.32 Å². The molecular weight excluding hydrogens is 402 g/mol. The van der Waals surface area contributed by atoms with Crippen LogP contribution in [0.3, 0.4) is 0 Å². The van der Waals surface area contributed by atoms with Crippen molar-refractivity contribution in [2.24, 2.45) is 0 Å². The molecule has 32 heavy (non-hydrogen) atoms. The summed E-state index contributed by atoms with van der Waals surface area (Å²) in [5.74, 6) is 1.65. The van der Waals surface area contributed by atoms with Gasteiger partial charge in [0.25, 0.3) is 0 Å². The summed E-state index contributed by atoms with van der Waals surface area (Å²) in [5, 5.41) is 8.22. The van der Waals surface area contributed by atoms with Crippen molar-refractivity contribution in [3.05, 3.63) is 36.5 Å². The predicted molar refractivity (Wildman–Crippen MR) is 126 cm³/mol. The van der Waals surface area contributed by atoms with Gasteiger partial charge in [-0.2, -0.15) is 0 Å². The summed E-state index contributed by atoms with van der Waals surface area (Å²) in [5.41, 5.74) is 4.91. The molecule has 0 spiro atoms. The lowest BCUT2D eigenvalue weighted by molar-refractivity contribution is 0.0346. The fourth-order valence-electron chi connectivity index (χ4n) is 4.89. The molecular formula is C24H31N7O. The summed E-state index contributed by atoms with van der Waals surface area (Å²) in [7, 11) is 0. The highest BCUT2D eigenvalue weighted by molar-refractivity contribution is 5.85. The van der Waals surface area contributed by atoms with Gasteiger partial charge < -0.3 is 14.6 Å². The number of hydrogen-bond donors (Lipinski definition) is 1. The Morgan fingerprint density at radius 1 is 1.12 bits per heavy atom. The summed E-state index contributed by atoms with van der Waals surface area (Å²) >= 11 is 0. The molecule has 168 valence electrons. The summed E-state index contributed by atoms with van der Waals surface area (Å²) in [6.45, 7) is 9.22. The molecule has 0 saturated heterocycles. The zero-order chi connectivity index (χ0) is 22.2. The Hall–Kier alpha value is -3.00. The molecule has 0 aliphatic heterocycles. The Morgan fingerprint density at radius 3 is 2.69 bits per heavy atom. The third-order valence-electron chi connectivity index (χ3n) is 6.38. The van der Waals surface area contributed by atoms with Crippen LogP contribution in [0.1, 0.15) is 58.3 Å². The van der Waals surface area contributed by atoms with E-state index in [0.717, 1.165) is 65.9 Å². The van der Waals surface area contributed by atoms with E-state index in [2.05, 4.69) is 57.7 Å². The number of aryl methyl sites for hydroxylation is 1. The van der Waals surface area contributed by atoms with Crippen molar-refractivity contribution < 1.29 is 4.74 Å². The highest BCUT2D eigenvalue weighted by Gasteiger charge is 2.22. The maximum Gasteiger partial charge on any atom is 0.241 e.